The first kappa shape index (κ1) is 25.1. The van der Waals surface area contributed by atoms with Crippen molar-refractivity contribution in [3.05, 3.63) is 22.2 Å². The molecule has 1 aromatic rings. The molecule has 1 N–H and O–H groups in total. The van der Waals surface area contributed by atoms with E-state index in [0.29, 0.717) is 0 Å². The summed E-state index contributed by atoms with van der Waals surface area (Å²) in [5, 5.41) is 9.05. The molecule has 1 saturated heterocycles. The number of rotatable bonds is 4. The standard InChI is InChI=1S/C20H20Cl2F3NO5/c1-6-14(27)26(11-7-12(21)15(13(22)8-11)30-20(23,24)25)19(16(28)29)9-17(2,3)31-18(4,5)10-19/h1,7-8H,9-10H2,2-5H3,(H,28,29). The summed E-state index contributed by atoms with van der Waals surface area (Å²) in [4.78, 5) is 26.1. The van der Waals surface area contributed by atoms with E-state index in [1.54, 1.807) is 27.7 Å². The average Bonchev–Trinajstić information content (AvgIpc) is 2.54. The largest absolute Gasteiger partial charge is 0.573 e. The van der Waals surface area contributed by atoms with Crippen molar-refractivity contribution in [2.75, 3.05) is 4.90 Å². The number of carboxylic acids is 1. The molecule has 170 valence electrons. The maximum absolute atomic E-state index is 12.8. The van der Waals surface area contributed by atoms with Crippen LogP contribution in [0.3, 0.4) is 0 Å². The predicted molar refractivity (Wildman–Crippen MR) is 108 cm³/mol. The van der Waals surface area contributed by atoms with Gasteiger partial charge in [0.05, 0.1) is 21.2 Å². The van der Waals surface area contributed by atoms with Crippen molar-refractivity contribution in [2.45, 2.75) is 63.6 Å². The molecule has 0 radical (unpaired) electrons. The van der Waals surface area contributed by atoms with Gasteiger partial charge in [0.2, 0.25) is 0 Å². The Morgan fingerprint density at radius 1 is 1.16 bits per heavy atom. The monoisotopic (exact) mass is 481 g/mol. The average molecular weight is 482 g/mol. The lowest BCUT2D eigenvalue weighted by Gasteiger charge is -2.53. The third kappa shape index (κ3) is 5.37. The second kappa shape index (κ2) is 8.08. The van der Waals surface area contributed by atoms with Crippen molar-refractivity contribution in [3.63, 3.8) is 0 Å². The summed E-state index contributed by atoms with van der Waals surface area (Å²) in [7, 11) is 0. The number of nitrogens with zero attached hydrogens (tertiary/aromatic N) is 1. The fourth-order valence-electron chi connectivity index (χ4n) is 4.21. The highest BCUT2D eigenvalue weighted by Gasteiger charge is 2.58. The van der Waals surface area contributed by atoms with Crippen molar-refractivity contribution < 1.29 is 37.3 Å². The van der Waals surface area contributed by atoms with Gasteiger partial charge in [0.1, 0.15) is 0 Å². The minimum atomic E-state index is -5.07. The SMILES string of the molecule is C#CC(=O)N(c1cc(Cl)c(OC(F)(F)F)c(Cl)c1)C1(C(=O)O)CC(C)(C)OC(C)(C)C1. The van der Waals surface area contributed by atoms with Crippen LogP contribution in [0.5, 0.6) is 5.75 Å². The molecule has 1 fully saturated rings. The second-order valence-electron chi connectivity index (χ2n) is 8.38. The first-order valence-corrected chi connectivity index (χ1v) is 9.68. The molecule has 31 heavy (non-hydrogen) atoms. The molecule has 6 nitrogen and oxygen atoms in total. The van der Waals surface area contributed by atoms with Gasteiger partial charge in [-0.25, -0.2) is 4.79 Å². The maximum atomic E-state index is 12.8. The minimum Gasteiger partial charge on any atom is -0.479 e. The number of anilines is 1. The molecule has 0 spiro atoms. The van der Waals surface area contributed by atoms with Crippen LogP contribution in [0.25, 0.3) is 0 Å². The number of carbonyl (C=O) groups is 2. The Hall–Kier alpha value is -2.15. The van der Waals surface area contributed by atoms with E-state index >= 15 is 0 Å². The van der Waals surface area contributed by atoms with Gasteiger partial charge in [-0.3, -0.25) is 9.69 Å². The fourth-order valence-corrected chi connectivity index (χ4v) is 4.76. The molecular weight excluding hydrogens is 462 g/mol. The zero-order chi connectivity index (χ0) is 24.0. The fraction of sp³-hybridized carbons (Fsp3) is 0.500. The van der Waals surface area contributed by atoms with Crippen LogP contribution in [0.15, 0.2) is 12.1 Å². The van der Waals surface area contributed by atoms with Crippen LogP contribution in [0.2, 0.25) is 10.0 Å². The molecule has 0 aromatic heterocycles. The Morgan fingerprint density at radius 3 is 1.97 bits per heavy atom. The molecule has 0 aliphatic carbocycles. The lowest BCUT2D eigenvalue weighted by Crippen LogP contribution is -2.67. The van der Waals surface area contributed by atoms with Crippen LogP contribution in [0.4, 0.5) is 18.9 Å². The summed E-state index contributed by atoms with van der Waals surface area (Å²) in [6.07, 6.45) is -0.103. The minimum absolute atomic E-state index is 0.164. The molecular formula is C20H20Cl2F3NO5. The van der Waals surface area contributed by atoms with Crippen LogP contribution in [0, 0.1) is 12.3 Å². The molecule has 1 aliphatic heterocycles. The van der Waals surface area contributed by atoms with E-state index in [0.717, 1.165) is 17.0 Å². The van der Waals surface area contributed by atoms with E-state index in [2.05, 4.69) is 4.74 Å². The van der Waals surface area contributed by atoms with Crippen LogP contribution >= 0.6 is 23.2 Å². The molecule has 1 heterocycles. The van der Waals surface area contributed by atoms with Crippen molar-refractivity contribution in [1.29, 1.82) is 0 Å². The van der Waals surface area contributed by atoms with Gasteiger partial charge in [0, 0.05) is 18.5 Å². The van der Waals surface area contributed by atoms with E-state index in [-0.39, 0.29) is 18.5 Å². The van der Waals surface area contributed by atoms with Crippen molar-refractivity contribution in [3.8, 4) is 18.1 Å². The van der Waals surface area contributed by atoms with Gasteiger partial charge in [0.15, 0.2) is 11.3 Å². The molecule has 1 aliphatic rings. The highest BCUT2D eigenvalue weighted by atomic mass is 35.5. The Labute approximate surface area is 187 Å². The number of hydrogen-bond acceptors (Lipinski definition) is 4. The topological polar surface area (TPSA) is 76.1 Å². The van der Waals surface area contributed by atoms with Gasteiger partial charge in [-0.1, -0.05) is 23.2 Å². The number of hydrogen-bond donors (Lipinski definition) is 1. The van der Waals surface area contributed by atoms with E-state index < -0.39 is 50.8 Å². The summed E-state index contributed by atoms with van der Waals surface area (Å²) in [6.45, 7) is 6.63. The van der Waals surface area contributed by atoms with Crippen LogP contribution in [-0.4, -0.2) is 40.1 Å². The highest BCUT2D eigenvalue weighted by Crippen LogP contribution is 2.48. The van der Waals surface area contributed by atoms with Crippen molar-refractivity contribution in [1.82, 2.24) is 0 Å². The number of amides is 1. The van der Waals surface area contributed by atoms with E-state index in [1.807, 2.05) is 5.92 Å². The number of terminal acetylenes is 1. The van der Waals surface area contributed by atoms with Crippen LogP contribution < -0.4 is 9.64 Å². The van der Waals surface area contributed by atoms with Gasteiger partial charge >= 0.3 is 18.2 Å². The molecule has 11 heteroatoms. The zero-order valence-corrected chi connectivity index (χ0v) is 18.6. The summed E-state index contributed by atoms with van der Waals surface area (Å²) in [5.41, 5.74) is -4.06. The number of carboxylic acid groups (broad SMARTS) is 1. The zero-order valence-electron chi connectivity index (χ0n) is 17.1. The van der Waals surface area contributed by atoms with Crippen LogP contribution in [0.1, 0.15) is 40.5 Å². The highest BCUT2D eigenvalue weighted by molar-refractivity contribution is 6.37. The van der Waals surface area contributed by atoms with Gasteiger partial charge in [-0.2, -0.15) is 0 Å². The molecule has 1 amide bonds. The molecule has 0 atom stereocenters. The maximum Gasteiger partial charge on any atom is 0.573 e. The second-order valence-corrected chi connectivity index (χ2v) is 9.20. The molecule has 0 bridgehead atoms. The predicted octanol–water partition coefficient (Wildman–Crippen LogP) is 5.05. The number of carbonyl (C=O) groups excluding carboxylic acids is 1. The van der Waals surface area contributed by atoms with Gasteiger partial charge in [-0.05, 0) is 45.7 Å². The molecule has 0 saturated carbocycles. The normalized spacial score (nSPS) is 19.2. The number of alkyl halides is 3. The summed E-state index contributed by atoms with van der Waals surface area (Å²) >= 11 is 11.9. The van der Waals surface area contributed by atoms with Gasteiger partial charge in [-0.15, -0.1) is 19.6 Å². The number of aliphatic carboxylic acids is 1. The lowest BCUT2D eigenvalue weighted by atomic mass is 9.73. The van der Waals surface area contributed by atoms with E-state index in [1.165, 1.54) is 0 Å². The summed E-state index contributed by atoms with van der Waals surface area (Å²) in [6, 6.07) is 1.90. The van der Waals surface area contributed by atoms with Crippen molar-refractivity contribution >= 4 is 40.8 Å². The summed E-state index contributed by atoms with van der Waals surface area (Å²) in [5.74, 6) is -1.42. The Balaban J connectivity index is 2.74. The first-order valence-electron chi connectivity index (χ1n) is 8.92. The Bertz CT molecular complexity index is 914. The third-order valence-corrected chi connectivity index (χ3v) is 5.16. The number of benzene rings is 1. The third-order valence-electron chi connectivity index (χ3n) is 4.60. The quantitative estimate of drug-likeness (QED) is 0.609. The molecule has 2 rings (SSSR count). The first-order chi connectivity index (χ1) is 13.9. The Morgan fingerprint density at radius 2 is 1.61 bits per heavy atom. The molecule has 1 aromatic carbocycles. The van der Waals surface area contributed by atoms with E-state index in [9.17, 15) is 27.9 Å². The lowest BCUT2D eigenvalue weighted by molar-refractivity contribution is -0.274. The Kier molecular flexibility index (Phi) is 6.55. The number of ether oxygens (including phenoxy) is 2. The van der Waals surface area contributed by atoms with Gasteiger partial charge in [0.25, 0.3) is 0 Å². The van der Waals surface area contributed by atoms with Crippen LogP contribution in [-0.2, 0) is 14.3 Å². The summed E-state index contributed by atoms with van der Waals surface area (Å²) < 4.78 is 47.7. The van der Waals surface area contributed by atoms with Gasteiger partial charge < -0.3 is 14.6 Å². The smallest absolute Gasteiger partial charge is 0.479 e. The van der Waals surface area contributed by atoms with Crippen molar-refractivity contribution in [2.24, 2.45) is 0 Å². The number of halogens is 5. The molecule has 0 unspecified atom stereocenters. The van der Waals surface area contributed by atoms with E-state index in [4.69, 9.17) is 34.4 Å².